The summed E-state index contributed by atoms with van der Waals surface area (Å²) in [7, 11) is 1.30. The van der Waals surface area contributed by atoms with Gasteiger partial charge in [0.1, 0.15) is 15.2 Å². The Bertz CT molecular complexity index is 1140. The number of esters is 1. The topological polar surface area (TPSA) is 44.1 Å². The molecule has 0 fully saturated rings. The molecule has 0 saturated carbocycles. The number of nitrogens with zero attached hydrogens (tertiary/aromatic N) is 2. The maximum atomic E-state index is 12.8. The summed E-state index contributed by atoms with van der Waals surface area (Å²) in [5.41, 5.74) is 1.34. The van der Waals surface area contributed by atoms with Crippen molar-refractivity contribution >= 4 is 49.2 Å². The number of carbonyl (C=O) groups excluding carboxylic acids is 1. The number of alkyl halides is 3. The van der Waals surface area contributed by atoms with Gasteiger partial charge in [-0.1, -0.05) is 0 Å². The minimum atomic E-state index is -4.39. The minimum Gasteiger partial charge on any atom is -0.465 e. The van der Waals surface area contributed by atoms with Crippen LogP contribution in [0.2, 0.25) is 0 Å². The average molecular weight is 396 g/mol. The molecule has 0 amide bonds. The van der Waals surface area contributed by atoms with E-state index in [0.717, 1.165) is 37.7 Å². The average Bonchev–Trinajstić information content (AvgIpc) is 3.23. The Hall–Kier alpha value is -2.39. The summed E-state index contributed by atoms with van der Waals surface area (Å²) in [6.45, 7) is 1.86. The number of hydrogen-bond acceptors (Lipinski definition) is 5. The number of carbonyl (C=O) groups is 1. The molecule has 0 unspecified atom stereocenters. The van der Waals surface area contributed by atoms with E-state index in [4.69, 9.17) is 4.74 Å². The van der Waals surface area contributed by atoms with Crippen LogP contribution in [0.1, 0.15) is 20.2 Å². The standard InChI is InChI=1S/C17H11F3N2O2S2/c1-8-21-13-14-11(7-12(26-14)16(23)24-2)22(15(13)25-8)10-5-3-9(4-6-10)17(18,19)20/h3-7H,1-2H3. The van der Waals surface area contributed by atoms with Crippen molar-refractivity contribution in [3.63, 3.8) is 0 Å². The lowest BCUT2D eigenvalue weighted by Crippen LogP contribution is -2.04. The summed E-state index contributed by atoms with van der Waals surface area (Å²) >= 11 is 2.72. The van der Waals surface area contributed by atoms with Crippen LogP contribution in [0.25, 0.3) is 26.3 Å². The third-order valence-electron chi connectivity index (χ3n) is 3.93. The maximum Gasteiger partial charge on any atom is 0.416 e. The monoisotopic (exact) mass is 396 g/mol. The van der Waals surface area contributed by atoms with Gasteiger partial charge in [-0.25, -0.2) is 9.78 Å². The molecule has 0 atom stereocenters. The molecule has 26 heavy (non-hydrogen) atoms. The third kappa shape index (κ3) is 2.58. The molecule has 0 aliphatic rings. The fourth-order valence-corrected chi connectivity index (χ4v) is 4.87. The molecule has 0 aliphatic heterocycles. The van der Waals surface area contributed by atoms with Gasteiger partial charge in [-0.3, -0.25) is 4.57 Å². The minimum absolute atomic E-state index is 0.422. The quantitative estimate of drug-likeness (QED) is 0.425. The van der Waals surface area contributed by atoms with Gasteiger partial charge in [-0.05, 0) is 37.3 Å². The predicted molar refractivity (Wildman–Crippen MR) is 95.4 cm³/mol. The molecule has 3 heterocycles. The molecule has 0 radical (unpaired) electrons. The molecule has 0 saturated heterocycles. The van der Waals surface area contributed by atoms with Crippen molar-refractivity contribution in [1.29, 1.82) is 0 Å². The first-order valence-electron chi connectivity index (χ1n) is 7.47. The van der Waals surface area contributed by atoms with Crippen LogP contribution < -0.4 is 0 Å². The zero-order chi connectivity index (χ0) is 18.6. The summed E-state index contributed by atoms with van der Waals surface area (Å²) in [4.78, 5) is 17.6. The molecule has 0 bridgehead atoms. The summed E-state index contributed by atoms with van der Waals surface area (Å²) in [6, 6.07) is 6.63. The van der Waals surface area contributed by atoms with Crippen molar-refractivity contribution in [2.75, 3.05) is 7.11 Å². The smallest absolute Gasteiger partial charge is 0.416 e. The molecule has 0 N–H and O–H groups in total. The zero-order valence-electron chi connectivity index (χ0n) is 13.5. The number of thiophene rings is 1. The number of aromatic nitrogens is 2. The van der Waals surface area contributed by atoms with Crippen LogP contribution in [0, 0.1) is 6.92 Å². The number of fused-ring (bicyclic) bond motifs is 3. The lowest BCUT2D eigenvalue weighted by atomic mass is 10.2. The number of hydrogen-bond donors (Lipinski definition) is 0. The van der Waals surface area contributed by atoms with Crippen molar-refractivity contribution in [3.05, 3.63) is 45.8 Å². The number of aryl methyl sites for hydroxylation is 1. The first kappa shape index (κ1) is 17.0. The molecule has 134 valence electrons. The van der Waals surface area contributed by atoms with E-state index in [1.807, 2.05) is 11.5 Å². The molecule has 4 nitrogen and oxygen atoms in total. The van der Waals surface area contributed by atoms with Crippen LogP contribution in [-0.4, -0.2) is 22.6 Å². The number of thiazole rings is 1. The van der Waals surface area contributed by atoms with Gasteiger partial charge in [0, 0.05) is 5.69 Å². The van der Waals surface area contributed by atoms with Gasteiger partial charge in [0.05, 0.1) is 27.9 Å². The molecular weight excluding hydrogens is 385 g/mol. The molecule has 4 aromatic rings. The van der Waals surface area contributed by atoms with Crippen LogP contribution in [0.4, 0.5) is 13.2 Å². The molecule has 4 rings (SSSR count). The van der Waals surface area contributed by atoms with Crippen LogP contribution in [-0.2, 0) is 10.9 Å². The van der Waals surface area contributed by atoms with Gasteiger partial charge >= 0.3 is 12.1 Å². The van der Waals surface area contributed by atoms with Crippen molar-refractivity contribution < 1.29 is 22.7 Å². The van der Waals surface area contributed by atoms with Gasteiger partial charge in [-0.15, -0.1) is 22.7 Å². The number of benzene rings is 1. The highest BCUT2D eigenvalue weighted by Crippen LogP contribution is 2.40. The van der Waals surface area contributed by atoms with Gasteiger partial charge in [0.2, 0.25) is 0 Å². The number of ether oxygens (including phenoxy) is 1. The lowest BCUT2D eigenvalue weighted by molar-refractivity contribution is -0.137. The van der Waals surface area contributed by atoms with Crippen molar-refractivity contribution in [2.45, 2.75) is 13.1 Å². The van der Waals surface area contributed by atoms with Crippen LogP contribution in [0.3, 0.4) is 0 Å². The van der Waals surface area contributed by atoms with E-state index in [-0.39, 0.29) is 0 Å². The Kier molecular flexibility index (Phi) is 3.81. The second-order valence-corrected chi connectivity index (χ2v) is 7.82. The highest BCUT2D eigenvalue weighted by atomic mass is 32.1. The molecule has 1 aromatic carbocycles. The summed E-state index contributed by atoms with van der Waals surface area (Å²) in [5.74, 6) is -0.453. The normalized spacial score (nSPS) is 12.2. The molecule has 0 spiro atoms. The predicted octanol–water partition coefficient (Wildman–Crippen LogP) is 5.42. The first-order chi connectivity index (χ1) is 12.3. The van der Waals surface area contributed by atoms with E-state index in [1.54, 1.807) is 6.07 Å². The maximum absolute atomic E-state index is 12.8. The van der Waals surface area contributed by atoms with Crippen LogP contribution in [0.15, 0.2) is 30.3 Å². The Morgan fingerprint density at radius 2 is 1.88 bits per heavy atom. The Morgan fingerprint density at radius 3 is 2.50 bits per heavy atom. The van der Waals surface area contributed by atoms with E-state index in [2.05, 4.69) is 4.98 Å². The molecule has 9 heteroatoms. The largest absolute Gasteiger partial charge is 0.465 e. The van der Waals surface area contributed by atoms with Crippen molar-refractivity contribution in [3.8, 4) is 5.69 Å². The van der Waals surface area contributed by atoms with Gasteiger partial charge in [-0.2, -0.15) is 13.2 Å². The van der Waals surface area contributed by atoms with Crippen molar-refractivity contribution in [1.82, 2.24) is 9.55 Å². The first-order valence-corrected chi connectivity index (χ1v) is 9.10. The van der Waals surface area contributed by atoms with Gasteiger partial charge in [0.25, 0.3) is 0 Å². The second kappa shape index (κ2) is 5.82. The molecule has 3 aromatic heterocycles. The molecule has 0 aliphatic carbocycles. The summed E-state index contributed by atoms with van der Waals surface area (Å²) < 4.78 is 45.9. The third-order valence-corrected chi connectivity index (χ3v) is 5.99. The van der Waals surface area contributed by atoms with Crippen LogP contribution >= 0.6 is 22.7 Å². The fraction of sp³-hybridized carbons (Fsp3) is 0.176. The Balaban J connectivity index is 1.97. The van der Waals surface area contributed by atoms with Crippen molar-refractivity contribution in [2.24, 2.45) is 0 Å². The Morgan fingerprint density at radius 1 is 1.19 bits per heavy atom. The summed E-state index contributed by atoms with van der Waals surface area (Å²) in [5, 5.41) is 0.838. The highest BCUT2D eigenvalue weighted by molar-refractivity contribution is 7.23. The SMILES string of the molecule is COC(=O)c1cc2c(s1)c1nc(C)sc1n2-c1ccc(C(F)(F)F)cc1. The zero-order valence-corrected chi connectivity index (χ0v) is 15.2. The van der Waals surface area contributed by atoms with E-state index >= 15 is 0 Å². The number of rotatable bonds is 2. The Labute approximate surface area is 153 Å². The van der Waals surface area contributed by atoms with E-state index in [9.17, 15) is 18.0 Å². The van der Waals surface area contributed by atoms with E-state index < -0.39 is 17.7 Å². The van der Waals surface area contributed by atoms with Crippen LogP contribution in [0.5, 0.6) is 0 Å². The lowest BCUT2D eigenvalue weighted by Gasteiger charge is -2.09. The number of methoxy groups -OCH3 is 1. The fourth-order valence-electron chi connectivity index (χ4n) is 2.80. The second-order valence-electron chi connectivity index (χ2n) is 5.58. The number of halogens is 3. The highest BCUT2D eigenvalue weighted by Gasteiger charge is 2.30. The summed E-state index contributed by atoms with van der Waals surface area (Å²) in [6.07, 6.45) is -4.39. The van der Waals surface area contributed by atoms with E-state index in [0.29, 0.717) is 10.6 Å². The van der Waals surface area contributed by atoms with E-state index in [1.165, 1.54) is 41.9 Å². The van der Waals surface area contributed by atoms with Gasteiger partial charge < -0.3 is 4.74 Å². The molecular formula is C17H11F3N2O2S2. The van der Waals surface area contributed by atoms with Gasteiger partial charge in [0.15, 0.2) is 0 Å².